The molecule has 2 aliphatic rings. The molecule has 0 saturated heterocycles. The second kappa shape index (κ2) is 7.58. The zero-order chi connectivity index (χ0) is 19.6. The molecule has 0 aliphatic carbocycles. The van der Waals surface area contributed by atoms with Gasteiger partial charge in [0.05, 0.1) is 6.42 Å². The lowest BCUT2D eigenvalue weighted by atomic mass is 10.1. The number of ether oxygens (including phenoxy) is 2. The molecule has 29 heavy (non-hydrogen) atoms. The molecular formula is C22H22N4O3. The number of aromatic nitrogens is 3. The summed E-state index contributed by atoms with van der Waals surface area (Å²) in [5, 5.41) is 12.0. The first-order valence-electron chi connectivity index (χ1n) is 9.91. The molecule has 1 aromatic heterocycles. The quantitative estimate of drug-likeness (QED) is 0.741. The van der Waals surface area contributed by atoms with Crippen LogP contribution in [-0.4, -0.2) is 33.5 Å². The van der Waals surface area contributed by atoms with E-state index in [1.807, 2.05) is 48.5 Å². The Bertz CT molecular complexity index is 1030. The summed E-state index contributed by atoms with van der Waals surface area (Å²) < 4.78 is 12.9. The fourth-order valence-electron chi connectivity index (χ4n) is 3.95. The average Bonchev–Trinajstić information content (AvgIpc) is 3.32. The van der Waals surface area contributed by atoms with Gasteiger partial charge < -0.3 is 19.4 Å². The molecule has 0 radical (unpaired) electrons. The Balaban J connectivity index is 1.22. The largest absolute Gasteiger partial charge is 0.454 e. The molecule has 2 aromatic carbocycles. The maximum Gasteiger partial charge on any atom is 0.231 e. The van der Waals surface area contributed by atoms with Crippen molar-refractivity contribution in [2.75, 3.05) is 6.79 Å². The van der Waals surface area contributed by atoms with Crippen LogP contribution in [0.1, 0.15) is 24.2 Å². The Morgan fingerprint density at radius 3 is 2.83 bits per heavy atom. The minimum absolute atomic E-state index is 0.0230. The smallest absolute Gasteiger partial charge is 0.231 e. The van der Waals surface area contributed by atoms with Gasteiger partial charge in [0.2, 0.25) is 12.7 Å². The van der Waals surface area contributed by atoms with Crippen molar-refractivity contribution in [2.24, 2.45) is 0 Å². The number of nitrogens with zero attached hydrogens (tertiary/aromatic N) is 3. The number of rotatable bonds is 4. The summed E-state index contributed by atoms with van der Waals surface area (Å²) in [4.78, 5) is 12.6. The van der Waals surface area contributed by atoms with Gasteiger partial charge in [0.15, 0.2) is 17.3 Å². The molecule has 7 heteroatoms. The fraction of sp³-hybridized carbons (Fsp3) is 0.318. The summed E-state index contributed by atoms with van der Waals surface area (Å²) in [7, 11) is 0. The maximum atomic E-state index is 12.6. The Morgan fingerprint density at radius 1 is 1.07 bits per heavy atom. The third-order valence-corrected chi connectivity index (χ3v) is 5.44. The van der Waals surface area contributed by atoms with E-state index >= 15 is 0 Å². The van der Waals surface area contributed by atoms with Crippen LogP contribution >= 0.6 is 0 Å². The number of fused-ring (bicyclic) bond motifs is 2. The molecular weight excluding hydrogens is 368 g/mol. The van der Waals surface area contributed by atoms with Crippen LogP contribution in [0.4, 0.5) is 0 Å². The highest BCUT2D eigenvalue weighted by Crippen LogP contribution is 2.32. The van der Waals surface area contributed by atoms with E-state index in [9.17, 15) is 4.79 Å². The van der Waals surface area contributed by atoms with Crippen LogP contribution in [-0.2, 0) is 24.2 Å². The molecule has 1 unspecified atom stereocenters. The highest BCUT2D eigenvalue weighted by atomic mass is 16.7. The molecule has 3 heterocycles. The summed E-state index contributed by atoms with van der Waals surface area (Å²) in [6.07, 6.45) is 2.85. The van der Waals surface area contributed by atoms with E-state index in [0.717, 1.165) is 54.3 Å². The molecule has 5 rings (SSSR count). The van der Waals surface area contributed by atoms with Gasteiger partial charge in [-0.3, -0.25) is 4.79 Å². The third-order valence-electron chi connectivity index (χ3n) is 5.44. The van der Waals surface area contributed by atoms with Gasteiger partial charge in [0, 0.05) is 24.6 Å². The number of benzene rings is 2. The van der Waals surface area contributed by atoms with Gasteiger partial charge >= 0.3 is 0 Å². The summed E-state index contributed by atoms with van der Waals surface area (Å²) in [5.41, 5.74) is 1.99. The van der Waals surface area contributed by atoms with E-state index in [1.165, 1.54) is 0 Å². The van der Waals surface area contributed by atoms with Gasteiger partial charge in [-0.1, -0.05) is 36.4 Å². The Hall–Kier alpha value is -3.35. The Labute approximate surface area is 168 Å². The molecule has 7 nitrogen and oxygen atoms in total. The lowest BCUT2D eigenvalue weighted by Gasteiger charge is -2.16. The standard InChI is InChI=1S/C22H22N4O3/c27-21(13-15-6-8-18-19(12-15)29-14-28-18)23-17-7-9-20-24-25-22(26(20)11-10-17)16-4-2-1-3-5-16/h1-6,8,12,17H,7,9-11,13-14H2,(H,23,27). The number of hydrogen-bond acceptors (Lipinski definition) is 5. The van der Waals surface area contributed by atoms with E-state index in [4.69, 9.17) is 9.47 Å². The molecule has 0 saturated carbocycles. The molecule has 0 bridgehead atoms. The Kier molecular flexibility index (Phi) is 4.63. The van der Waals surface area contributed by atoms with Crippen molar-refractivity contribution in [3.8, 4) is 22.9 Å². The van der Waals surface area contributed by atoms with Crippen molar-refractivity contribution in [2.45, 2.75) is 38.3 Å². The molecule has 1 amide bonds. The number of hydrogen-bond donors (Lipinski definition) is 1. The summed E-state index contributed by atoms with van der Waals surface area (Å²) in [5.74, 6) is 3.34. The lowest BCUT2D eigenvalue weighted by molar-refractivity contribution is -0.121. The highest BCUT2D eigenvalue weighted by molar-refractivity contribution is 5.79. The van der Waals surface area contributed by atoms with Crippen LogP contribution < -0.4 is 14.8 Å². The van der Waals surface area contributed by atoms with Gasteiger partial charge in [0.25, 0.3) is 0 Å². The number of carbonyl (C=O) groups is 1. The van der Waals surface area contributed by atoms with Gasteiger partial charge in [-0.2, -0.15) is 0 Å². The fourth-order valence-corrected chi connectivity index (χ4v) is 3.95. The predicted molar refractivity (Wildman–Crippen MR) is 107 cm³/mol. The van der Waals surface area contributed by atoms with E-state index in [2.05, 4.69) is 20.1 Å². The first kappa shape index (κ1) is 17.7. The van der Waals surface area contributed by atoms with Crippen LogP contribution in [0.2, 0.25) is 0 Å². The van der Waals surface area contributed by atoms with E-state index in [-0.39, 0.29) is 18.7 Å². The highest BCUT2D eigenvalue weighted by Gasteiger charge is 2.22. The molecule has 0 spiro atoms. The summed E-state index contributed by atoms with van der Waals surface area (Å²) in [6.45, 7) is 1.03. The van der Waals surface area contributed by atoms with Crippen LogP contribution in [0.15, 0.2) is 48.5 Å². The number of amides is 1. The minimum atomic E-state index is 0.0230. The van der Waals surface area contributed by atoms with Crippen LogP contribution in [0.25, 0.3) is 11.4 Å². The van der Waals surface area contributed by atoms with Crippen LogP contribution in [0.5, 0.6) is 11.5 Å². The zero-order valence-electron chi connectivity index (χ0n) is 16.0. The molecule has 3 aromatic rings. The van der Waals surface area contributed by atoms with Crippen LogP contribution in [0.3, 0.4) is 0 Å². The topological polar surface area (TPSA) is 78.3 Å². The first-order valence-corrected chi connectivity index (χ1v) is 9.91. The normalized spacial score (nSPS) is 17.4. The van der Waals surface area contributed by atoms with Gasteiger partial charge in [-0.15, -0.1) is 10.2 Å². The van der Waals surface area contributed by atoms with E-state index in [0.29, 0.717) is 12.2 Å². The summed E-state index contributed by atoms with van der Waals surface area (Å²) >= 11 is 0. The van der Waals surface area contributed by atoms with Crippen molar-refractivity contribution in [3.05, 3.63) is 59.9 Å². The van der Waals surface area contributed by atoms with Gasteiger partial charge in [-0.25, -0.2) is 0 Å². The van der Waals surface area contributed by atoms with Crippen molar-refractivity contribution in [1.29, 1.82) is 0 Å². The van der Waals surface area contributed by atoms with E-state index in [1.54, 1.807) is 0 Å². The van der Waals surface area contributed by atoms with Crippen molar-refractivity contribution < 1.29 is 14.3 Å². The minimum Gasteiger partial charge on any atom is -0.454 e. The third kappa shape index (κ3) is 3.68. The van der Waals surface area contributed by atoms with E-state index < -0.39 is 0 Å². The molecule has 1 N–H and O–H groups in total. The molecule has 148 valence electrons. The first-order chi connectivity index (χ1) is 14.3. The average molecular weight is 390 g/mol. The molecule has 1 atom stereocenters. The Morgan fingerprint density at radius 2 is 1.93 bits per heavy atom. The molecule has 0 fully saturated rings. The number of aryl methyl sites for hydroxylation is 1. The second-order valence-electron chi connectivity index (χ2n) is 7.41. The van der Waals surface area contributed by atoms with Gasteiger partial charge in [0.1, 0.15) is 5.82 Å². The van der Waals surface area contributed by atoms with Crippen molar-refractivity contribution in [1.82, 2.24) is 20.1 Å². The van der Waals surface area contributed by atoms with Crippen molar-refractivity contribution >= 4 is 5.91 Å². The predicted octanol–water partition coefficient (Wildman–Crippen LogP) is 2.74. The summed E-state index contributed by atoms with van der Waals surface area (Å²) in [6, 6.07) is 15.9. The van der Waals surface area contributed by atoms with Crippen molar-refractivity contribution in [3.63, 3.8) is 0 Å². The lowest BCUT2D eigenvalue weighted by Crippen LogP contribution is -2.36. The SMILES string of the molecule is O=C(Cc1ccc2c(c1)OCO2)NC1CCc2nnc(-c3ccccc3)n2CC1. The zero-order valence-corrected chi connectivity index (χ0v) is 16.0. The number of carbonyl (C=O) groups excluding carboxylic acids is 1. The molecule has 2 aliphatic heterocycles. The number of nitrogens with one attached hydrogen (secondary N) is 1. The maximum absolute atomic E-state index is 12.6. The van der Waals surface area contributed by atoms with Crippen LogP contribution in [0, 0.1) is 0 Å². The monoisotopic (exact) mass is 390 g/mol. The van der Waals surface area contributed by atoms with Gasteiger partial charge in [-0.05, 0) is 30.5 Å². The second-order valence-corrected chi connectivity index (χ2v) is 7.41.